The zero-order chi connectivity index (χ0) is 18.6. The van der Waals surface area contributed by atoms with Gasteiger partial charge in [-0.15, -0.1) is 10.2 Å². The summed E-state index contributed by atoms with van der Waals surface area (Å²) in [6.45, 7) is 0. The van der Waals surface area contributed by atoms with Crippen molar-refractivity contribution in [2.24, 2.45) is 16.0 Å². The minimum atomic E-state index is -0.738. The Bertz CT molecular complexity index is 882. The van der Waals surface area contributed by atoms with Crippen LogP contribution in [0, 0.1) is 0 Å². The van der Waals surface area contributed by atoms with E-state index in [0.29, 0.717) is 20.8 Å². The summed E-state index contributed by atoms with van der Waals surface area (Å²) in [6, 6.07) is 9.25. The molecule has 130 valence electrons. The molecule has 2 aromatic carbocycles. The number of hydrogen-bond donors (Lipinski definition) is 1. The number of esters is 1. The summed E-state index contributed by atoms with van der Waals surface area (Å²) < 4.78 is 4.75. The fourth-order valence-electron chi connectivity index (χ4n) is 1.86. The number of rotatable bonds is 4. The summed E-state index contributed by atoms with van der Waals surface area (Å²) in [6.07, 6.45) is 0. The van der Waals surface area contributed by atoms with Crippen LogP contribution < -0.4 is 5.73 Å². The van der Waals surface area contributed by atoms with Crippen LogP contribution in [0.15, 0.2) is 52.4 Å². The maximum absolute atomic E-state index is 12.1. The molecule has 0 radical (unpaired) electrons. The molecule has 2 N–H and O–H groups in total. The number of halogens is 4. The normalized spacial score (nSPS) is 12.2. The van der Waals surface area contributed by atoms with E-state index in [1.54, 1.807) is 18.2 Å². The lowest BCUT2D eigenvalue weighted by molar-refractivity contribution is -0.133. The molecular weight excluding hydrogens is 408 g/mol. The van der Waals surface area contributed by atoms with Crippen LogP contribution in [0.3, 0.4) is 0 Å². The second-order valence-corrected chi connectivity index (χ2v) is 6.36. The number of ether oxygens (including phenoxy) is 1. The molecule has 0 aliphatic heterocycles. The highest BCUT2D eigenvalue weighted by Crippen LogP contribution is 2.31. The number of azo groups is 1. The maximum atomic E-state index is 12.1. The van der Waals surface area contributed by atoms with E-state index in [4.69, 9.17) is 56.9 Å². The first-order valence-electron chi connectivity index (χ1n) is 6.73. The molecule has 0 heterocycles. The lowest BCUT2D eigenvalue weighted by Gasteiger charge is -2.09. The van der Waals surface area contributed by atoms with Crippen molar-refractivity contribution in [3.05, 3.63) is 67.9 Å². The minimum Gasteiger partial charge on any atom is -0.465 e. The van der Waals surface area contributed by atoms with Gasteiger partial charge in [0.1, 0.15) is 11.3 Å². The number of nitrogens with zero attached hydrogens (tertiary/aromatic N) is 2. The van der Waals surface area contributed by atoms with Crippen molar-refractivity contribution in [1.82, 2.24) is 0 Å². The van der Waals surface area contributed by atoms with Gasteiger partial charge in [0.25, 0.3) is 0 Å². The van der Waals surface area contributed by atoms with Gasteiger partial charge in [-0.3, -0.25) is 0 Å². The van der Waals surface area contributed by atoms with E-state index in [1.165, 1.54) is 25.3 Å². The van der Waals surface area contributed by atoms with Crippen molar-refractivity contribution in [2.75, 3.05) is 7.11 Å². The maximum Gasteiger partial charge on any atom is 0.342 e. The van der Waals surface area contributed by atoms with E-state index in [9.17, 15) is 4.79 Å². The van der Waals surface area contributed by atoms with Gasteiger partial charge in [-0.25, -0.2) is 4.79 Å². The number of hydrogen-bond acceptors (Lipinski definition) is 5. The number of methoxy groups -OCH3 is 1. The molecule has 0 fully saturated rings. The van der Waals surface area contributed by atoms with E-state index in [2.05, 4.69) is 10.2 Å². The van der Waals surface area contributed by atoms with Gasteiger partial charge >= 0.3 is 5.97 Å². The van der Waals surface area contributed by atoms with E-state index >= 15 is 0 Å². The minimum absolute atomic E-state index is 0.0723. The average molecular weight is 419 g/mol. The van der Waals surface area contributed by atoms with E-state index < -0.39 is 5.97 Å². The van der Waals surface area contributed by atoms with Gasteiger partial charge in [0.05, 0.1) is 12.1 Å². The smallest absolute Gasteiger partial charge is 0.342 e. The van der Waals surface area contributed by atoms with Crippen molar-refractivity contribution in [3.63, 3.8) is 0 Å². The van der Waals surface area contributed by atoms with Crippen molar-refractivity contribution in [3.8, 4) is 0 Å². The average Bonchev–Trinajstić information content (AvgIpc) is 2.58. The van der Waals surface area contributed by atoms with Gasteiger partial charge < -0.3 is 10.5 Å². The Morgan fingerprint density at radius 2 is 1.60 bits per heavy atom. The largest absolute Gasteiger partial charge is 0.465 e. The highest BCUT2D eigenvalue weighted by atomic mass is 35.5. The molecule has 0 saturated heterocycles. The second kappa shape index (κ2) is 8.54. The zero-order valence-electron chi connectivity index (χ0n) is 12.8. The monoisotopic (exact) mass is 417 g/mol. The van der Waals surface area contributed by atoms with Gasteiger partial charge in [0.15, 0.2) is 5.82 Å². The van der Waals surface area contributed by atoms with Gasteiger partial charge in [0, 0.05) is 20.6 Å². The summed E-state index contributed by atoms with van der Waals surface area (Å²) in [7, 11) is 1.21. The molecule has 0 atom stereocenters. The van der Waals surface area contributed by atoms with Gasteiger partial charge in [-0.2, -0.15) is 0 Å². The molecule has 5 nitrogen and oxygen atoms in total. The van der Waals surface area contributed by atoms with Crippen LogP contribution in [-0.4, -0.2) is 13.1 Å². The van der Waals surface area contributed by atoms with Crippen LogP contribution in [0.5, 0.6) is 0 Å². The number of carbonyl (C=O) groups excluding carboxylic acids is 1. The van der Waals surface area contributed by atoms with Crippen LogP contribution in [0.1, 0.15) is 5.56 Å². The summed E-state index contributed by atoms with van der Waals surface area (Å²) >= 11 is 24.0. The Balaban J connectivity index is 2.55. The lowest BCUT2D eigenvalue weighted by Crippen LogP contribution is -2.11. The highest BCUT2D eigenvalue weighted by molar-refractivity contribution is 6.36. The standard InChI is InChI=1S/C16H11Cl4N3O2/c1-25-16(24)14(10-6-8(17)2-4-11(10)19)15(21)23-22-13-7-9(18)3-5-12(13)20/h2-7H,21H2,1H3/b15-14+,23-22?. The Kier molecular flexibility index (Phi) is 6.67. The summed E-state index contributed by atoms with van der Waals surface area (Å²) in [4.78, 5) is 12.1. The van der Waals surface area contributed by atoms with Crippen molar-refractivity contribution >= 4 is 63.6 Å². The molecule has 2 aromatic rings. The molecule has 9 heteroatoms. The first-order valence-corrected chi connectivity index (χ1v) is 8.25. The predicted octanol–water partition coefficient (Wildman–Crippen LogP) is 5.88. The molecular formula is C16H11Cl4N3O2. The quantitative estimate of drug-likeness (QED) is 0.382. The number of carbonyl (C=O) groups is 1. The fraction of sp³-hybridized carbons (Fsp3) is 0.0625. The predicted molar refractivity (Wildman–Crippen MR) is 101 cm³/mol. The summed E-state index contributed by atoms with van der Waals surface area (Å²) in [5.74, 6) is -0.954. The lowest BCUT2D eigenvalue weighted by atomic mass is 10.1. The van der Waals surface area contributed by atoms with Crippen LogP contribution >= 0.6 is 46.4 Å². The summed E-state index contributed by atoms with van der Waals surface area (Å²) in [5, 5.41) is 9.13. The first-order chi connectivity index (χ1) is 11.8. The van der Waals surface area contributed by atoms with Gasteiger partial charge in [-0.1, -0.05) is 46.4 Å². The zero-order valence-corrected chi connectivity index (χ0v) is 15.8. The van der Waals surface area contributed by atoms with Gasteiger partial charge in [0.2, 0.25) is 0 Å². The van der Waals surface area contributed by atoms with E-state index in [1.807, 2.05) is 0 Å². The Morgan fingerprint density at radius 3 is 2.24 bits per heavy atom. The third-order valence-corrected chi connectivity index (χ3v) is 4.14. The molecule has 0 aliphatic rings. The molecule has 0 unspecified atom stereocenters. The molecule has 0 amide bonds. The number of nitrogens with two attached hydrogens (primary N) is 1. The molecule has 0 bridgehead atoms. The molecule has 0 spiro atoms. The molecule has 0 aromatic heterocycles. The number of benzene rings is 2. The molecule has 0 saturated carbocycles. The molecule has 0 aliphatic carbocycles. The second-order valence-electron chi connectivity index (χ2n) is 4.67. The van der Waals surface area contributed by atoms with Crippen molar-refractivity contribution in [1.29, 1.82) is 0 Å². The topological polar surface area (TPSA) is 77.0 Å². The third kappa shape index (κ3) is 4.86. The Hall–Kier alpha value is -1.79. The van der Waals surface area contributed by atoms with E-state index in [-0.39, 0.29) is 22.0 Å². The van der Waals surface area contributed by atoms with Crippen LogP contribution in [0.4, 0.5) is 5.69 Å². The first kappa shape index (κ1) is 19.5. The Labute approximate surface area is 164 Å². The fourth-order valence-corrected chi connectivity index (χ4v) is 2.57. The van der Waals surface area contributed by atoms with Crippen LogP contribution in [0.25, 0.3) is 5.57 Å². The van der Waals surface area contributed by atoms with E-state index in [0.717, 1.165) is 0 Å². The SMILES string of the molecule is COC(=O)/C(=C(\N)N=Nc1cc(Cl)ccc1Cl)c1cc(Cl)ccc1Cl. The highest BCUT2D eigenvalue weighted by Gasteiger charge is 2.20. The summed E-state index contributed by atoms with van der Waals surface area (Å²) in [5.41, 5.74) is 6.41. The Morgan fingerprint density at radius 1 is 1.00 bits per heavy atom. The van der Waals surface area contributed by atoms with Crippen molar-refractivity contribution < 1.29 is 9.53 Å². The van der Waals surface area contributed by atoms with Gasteiger partial charge in [-0.05, 0) is 36.4 Å². The van der Waals surface area contributed by atoms with Crippen molar-refractivity contribution in [2.45, 2.75) is 0 Å². The van der Waals surface area contributed by atoms with Crippen LogP contribution in [-0.2, 0) is 9.53 Å². The van der Waals surface area contributed by atoms with Crippen LogP contribution in [0.2, 0.25) is 20.1 Å². The third-order valence-electron chi connectivity index (χ3n) is 3.02. The molecule has 2 rings (SSSR count). The molecule has 25 heavy (non-hydrogen) atoms.